The van der Waals surface area contributed by atoms with E-state index in [2.05, 4.69) is 5.32 Å². The Hall–Kier alpha value is -0.650. The number of hydrogen-bond acceptors (Lipinski definition) is 4. The molecule has 0 saturated heterocycles. The maximum absolute atomic E-state index is 13.1. The van der Waals surface area contributed by atoms with E-state index in [1.807, 2.05) is 6.26 Å². The van der Waals surface area contributed by atoms with E-state index < -0.39 is 11.4 Å². The maximum Gasteiger partial charge on any atom is 0.143 e. The molecule has 0 aromatic heterocycles. The molecular weight excluding hydrogens is 263 g/mol. The van der Waals surface area contributed by atoms with E-state index in [0.29, 0.717) is 18.0 Å². The third kappa shape index (κ3) is 4.26. The Morgan fingerprint density at radius 3 is 2.82 bits per heavy atom. The Morgan fingerprint density at radius 2 is 2.24 bits per heavy atom. The van der Waals surface area contributed by atoms with Gasteiger partial charge >= 0.3 is 0 Å². The summed E-state index contributed by atoms with van der Waals surface area (Å²) in [6, 6.07) is 2.58. The van der Waals surface area contributed by atoms with Gasteiger partial charge in [-0.15, -0.1) is 0 Å². The van der Waals surface area contributed by atoms with Gasteiger partial charge in [-0.25, -0.2) is 4.39 Å². The van der Waals surface area contributed by atoms with Gasteiger partial charge in [0.15, 0.2) is 0 Å². The van der Waals surface area contributed by atoms with E-state index in [0.717, 1.165) is 6.07 Å². The molecule has 0 bridgehead atoms. The molecule has 0 heterocycles. The fourth-order valence-electron chi connectivity index (χ4n) is 1.36. The molecule has 1 unspecified atom stereocenters. The highest BCUT2D eigenvalue weighted by Gasteiger charge is 2.19. The smallest absolute Gasteiger partial charge is 0.143 e. The summed E-state index contributed by atoms with van der Waals surface area (Å²) in [7, 11) is 0. The number of benzene rings is 1. The Labute approximate surface area is 110 Å². The summed E-state index contributed by atoms with van der Waals surface area (Å²) in [5.74, 6) is 0.0417. The Kier molecular flexibility index (Phi) is 4.91. The molecule has 0 fully saturated rings. The van der Waals surface area contributed by atoms with Gasteiger partial charge in [-0.1, -0.05) is 11.6 Å². The zero-order valence-electron chi connectivity index (χ0n) is 9.76. The lowest BCUT2D eigenvalue weighted by Crippen LogP contribution is -2.36. The van der Waals surface area contributed by atoms with Crippen molar-refractivity contribution in [2.45, 2.75) is 12.5 Å². The van der Waals surface area contributed by atoms with Crippen LogP contribution in [0.2, 0.25) is 5.02 Å². The molecule has 1 aromatic rings. The topological polar surface area (TPSA) is 58.3 Å². The van der Waals surface area contributed by atoms with Crippen LogP contribution in [0, 0.1) is 5.82 Å². The molecule has 1 atom stereocenters. The number of nitrogens with two attached hydrogens (primary N) is 1. The fraction of sp³-hybridized carbons (Fsp3) is 0.455. The first kappa shape index (κ1) is 14.4. The van der Waals surface area contributed by atoms with Crippen molar-refractivity contribution < 1.29 is 9.50 Å². The quantitative estimate of drug-likeness (QED) is 0.725. The van der Waals surface area contributed by atoms with Crippen molar-refractivity contribution in [2.24, 2.45) is 0 Å². The maximum atomic E-state index is 13.1. The van der Waals surface area contributed by atoms with Gasteiger partial charge in [0.1, 0.15) is 5.82 Å². The number of thioether (sulfide) groups is 1. The second kappa shape index (κ2) is 5.80. The third-order valence-corrected chi connectivity index (χ3v) is 3.41. The summed E-state index contributed by atoms with van der Waals surface area (Å²) in [6.45, 7) is 2.04. The summed E-state index contributed by atoms with van der Waals surface area (Å²) >= 11 is 7.21. The highest BCUT2D eigenvalue weighted by molar-refractivity contribution is 7.98. The van der Waals surface area contributed by atoms with Gasteiger partial charge in [0, 0.05) is 18.4 Å². The van der Waals surface area contributed by atoms with E-state index in [4.69, 9.17) is 17.3 Å². The molecular formula is C11H16ClFN2OS. The minimum Gasteiger partial charge on any atom is -0.397 e. The van der Waals surface area contributed by atoms with Crippen molar-refractivity contribution in [1.82, 2.24) is 0 Å². The SMILES string of the molecule is CSCC(C)(O)CNc1cc(Cl)c(F)cc1N. The first-order valence-electron chi connectivity index (χ1n) is 5.05. The van der Waals surface area contributed by atoms with Crippen LogP contribution in [0.15, 0.2) is 12.1 Å². The molecule has 4 N–H and O–H groups in total. The lowest BCUT2D eigenvalue weighted by atomic mass is 10.1. The highest BCUT2D eigenvalue weighted by Crippen LogP contribution is 2.26. The van der Waals surface area contributed by atoms with Crippen LogP contribution in [0.3, 0.4) is 0 Å². The molecule has 96 valence electrons. The predicted octanol–water partition coefficient (Wildman–Crippen LogP) is 2.59. The molecule has 0 aliphatic heterocycles. The molecule has 0 aliphatic carbocycles. The van der Waals surface area contributed by atoms with Gasteiger partial charge in [0.05, 0.1) is 22.0 Å². The minimum atomic E-state index is -0.854. The van der Waals surface area contributed by atoms with Crippen molar-refractivity contribution >= 4 is 34.7 Å². The van der Waals surface area contributed by atoms with Crippen LogP contribution in [0.4, 0.5) is 15.8 Å². The molecule has 1 aromatic carbocycles. The summed E-state index contributed by atoms with van der Waals surface area (Å²) in [5.41, 5.74) is 5.59. The lowest BCUT2D eigenvalue weighted by Gasteiger charge is -2.23. The molecule has 3 nitrogen and oxygen atoms in total. The van der Waals surface area contributed by atoms with Gasteiger partial charge in [0.2, 0.25) is 0 Å². The predicted molar refractivity (Wildman–Crippen MR) is 73.3 cm³/mol. The largest absolute Gasteiger partial charge is 0.397 e. The number of rotatable bonds is 5. The third-order valence-electron chi connectivity index (χ3n) is 2.21. The Balaban J connectivity index is 2.73. The highest BCUT2D eigenvalue weighted by atomic mass is 35.5. The summed E-state index contributed by atoms with van der Waals surface area (Å²) in [4.78, 5) is 0. The molecule has 17 heavy (non-hydrogen) atoms. The van der Waals surface area contributed by atoms with E-state index in [1.54, 1.807) is 18.7 Å². The molecule has 1 rings (SSSR count). The van der Waals surface area contributed by atoms with Crippen LogP contribution in [-0.4, -0.2) is 29.3 Å². The summed E-state index contributed by atoms with van der Waals surface area (Å²) < 4.78 is 13.1. The van der Waals surface area contributed by atoms with E-state index in [9.17, 15) is 9.50 Å². The summed E-state index contributed by atoms with van der Waals surface area (Å²) in [6.07, 6.45) is 1.91. The van der Waals surface area contributed by atoms with Crippen molar-refractivity contribution in [1.29, 1.82) is 0 Å². The Morgan fingerprint density at radius 1 is 1.59 bits per heavy atom. The second-order valence-electron chi connectivity index (χ2n) is 4.14. The molecule has 0 radical (unpaired) electrons. The van der Waals surface area contributed by atoms with Gasteiger partial charge in [-0.2, -0.15) is 11.8 Å². The number of halogens is 2. The van der Waals surface area contributed by atoms with Crippen molar-refractivity contribution in [2.75, 3.05) is 29.6 Å². The fourth-order valence-corrected chi connectivity index (χ4v) is 2.25. The molecule has 0 aliphatic rings. The number of hydrogen-bond donors (Lipinski definition) is 3. The van der Waals surface area contributed by atoms with Crippen molar-refractivity contribution in [3.05, 3.63) is 23.0 Å². The van der Waals surface area contributed by atoms with Gasteiger partial charge in [-0.05, 0) is 19.2 Å². The molecule has 0 amide bonds. The van der Waals surface area contributed by atoms with Crippen LogP contribution >= 0.6 is 23.4 Å². The van der Waals surface area contributed by atoms with E-state index >= 15 is 0 Å². The minimum absolute atomic E-state index is 0.00575. The zero-order valence-corrected chi connectivity index (χ0v) is 11.3. The van der Waals surface area contributed by atoms with Crippen LogP contribution < -0.4 is 11.1 Å². The van der Waals surface area contributed by atoms with Crippen LogP contribution in [-0.2, 0) is 0 Å². The standard InChI is InChI=1S/C11H16ClFN2OS/c1-11(16,6-17-2)5-15-10-3-7(12)8(13)4-9(10)14/h3-4,15-16H,5-6,14H2,1-2H3. The van der Waals surface area contributed by atoms with Crippen LogP contribution in [0.5, 0.6) is 0 Å². The van der Waals surface area contributed by atoms with Crippen molar-refractivity contribution in [3.8, 4) is 0 Å². The van der Waals surface area contributed by atoms with Crippen LogP contribution in [0.25, 0.3) is 0 Å². The number of nitrogens with one attached hydrogen (secondary N) is 1. The number of anilines is 2. The average molecular weight is 279 g/mol. The van der Waals surface area contributed by atoms with Crippen molar-refractivity contribution in [3.63, 3.8) is 0 Å². The first-order chi connectivity index (χ1) is 7.85. The normalized spacial score (nSPS) is 14.4. The van der Waals surface area contributed by atoms with E-state index in [1.165, 1.54) is 6.07 Å². The van der Waals surface area contributed by atoms with Gasteiger partial charge in [-0.3, -0.25) is 0 Å². The van der Waals surface area contributed by atoms with E-state index in [-0.39, 0.29) is 10.7 Å². The monoisotopic (exact) mass is 278 g/mol. The van der Waals surface area contributed by atoms with Gasteiger partial charge in [0.25, 0.3) is 0 Å². The number of aliphatic hydroxyl groups is 1. The second-order valence-corrected chi connectivity index (χ2v) is 5.41. The molecule has 6 heteroatoms. The first-order valence-corrected chi connectivity index (χ1v) is 6.82. The molecule has 0 spiro atoms. The lowest BCUT2D eigenvalue weighted by molar-refractivity contribution is 0.0997. The van der Waals surface area contributed by atoms with Gasteiger partial charge < -0.3 is 16.2 Å². The Bertz CT molecular complexity index is 401. The summed E-state index contributed by atoms with van der Waals surface area (Å²) in [5, 5.41) is 12.9. The average Bonchev–Trinajstić information content (AvgIpc) is 2.21. The van der Waals surface area contributed by atoms with Crippen LogP contribution in [0.1, 0.15) is 6.92 Å². The molecule has 0 saturated carbocycles. The number of nitrogen functional groups attached to an aromatic ring is 1. The zero-order chi connectivity index (χ0) is 13.1.